The van der Waals surface area contributed by atoms with Crippen molar-refractivity contribution in [2.24, 2.45) is 0 Å². The number of hydrogen-bond donors (Lipinski definition) is 1. The molecule has 1 aromatic carbocycles. The average Bonchev–Trinajstić information content (AvgIpc) is 2.26. The first-order valence-corrected chi connectivity index (χ1v) is 5.43. The van der Waals surface area contributed by atoms with Crippen molar-refractivity contribution in [1.29, 1.82) is 0 Å². The number of nitrogens with zero attached hydrogens (tertiary/aromatic N) is 1. The van der Waals surface area contributed by atoms with Gasteiger partial charge >= 0.3 is 0 Å². The van der Waals surface area contributed by atoms with Crippen LogP contribution in [0.5, 0.6) is 0 Å². The van der Waals surface area contributed by atoms with Crippen LogP contribution in [0.15, 0.2) is 18.2 Å². The lowest BCUT2D eigenvalue weighted by Gasteiger charge is -2.13. The van der Waals surface area contributed by atoms with Crippen LogP contribution in [0.25, 0.3) is 10.9 Å². The van der Waals surface area contributed by atoms with Gasteiger partial charge in [0.05, 0.1) is 5.52 Å². The summed E-state index contributed by atoms with van der Waals surface area (Å²) in [4.78, 5) is 4.45. The molecule has 0 atom stereocenters. The van der Waals surface area contributed by atoms with Gasteiger partial charge in [-0.3, -0.25) is 4.98 Å². The molecular formula is C13H15FN2. The minimum atomic E-state index is -0.225. The highest BCUT2D eigenvalue weighted by atomic mass is 19.1. The Balaban J connectivity index is 2.79. The number of anilines is 1. The maximum atomic E-state index is 13.2. The third kappa shape index (κ3) is 1.73. The van der Waals surface area contributed by atoms with Gasteiger partial charge in [0, 0.05) is 23.3 Å². The summed E-state index contributed by atoms with van der Waals surface area (Å²) in [6.07, 6.45) is 0. The number of benzene rings is 1. The lowest BCUT2D eigenvalue weighted by atomic mass is 10.1. The van der Waals surface area contributed by atoms with Crippen molar-refractivity contribution in [3.63, 3.8) is 0 Å². The SMILES string of the molecule is CCNc1c(C)c(C)nc2ccc(F)cc12. The molecule has 0 amide bonds. The molecule has 1 aromatic heterocycles. The standard InChI is InChI=1S/C13H15FN2/c1-4-15-13-8(2)9(3)16-12-6-5-10(14)7-11(12)13/h5-7H,4H2,1-3H3,(H,15,16). The monoisotopic (exact) mass is 218 g/mol. The van der Waals surface area contributed by atoms with Gasteiger partial charge in [0.1, 0.15) is 5.82 Å². The lowest BCUT2D eigenvalue weighted by Crippen LogP contribution is -2.03. The third-order valence-electron chi connectivity index (χ3n) is 2.79. The Morgan fingerprint density at radius 3 is 2.75 bits per heavy atom. The first kappa shape index (κ1) is 10.9. The quantitative estimate of drug-likeness (QED) is 0.835. The predicted molar refractivity (Wildman–Crippen MR) is 65.3 cm³/mol. The summed E-state index contributed by atoms with van der Waals surface area (Å²) >= 11 is 0. The Morgan fingerprint density at radius 2 is 2.06 bits per heavy atom. The van der Waals surface area contributed by atoms with Crippen molar-refractivity contribution in [2.75, 3.05) is 11.9 Å². The van der Waals surface area contributed by atoms with Gasteiger partial charge in [-0.15, -0.1) is 0 Å². The van der Waals surface area contributed by atoms with Crippen LogP contribution in [0.4, 0.5) is 10.1 Å². The first-order valence-electron chi connectivity index (χ1n) is 5.43. The molecule has 0 radical (unpaired) electrons. The van der Waals surface area contributed by atoms with E-state index in [0.29, 0.717) is 0 Å². The maximum absolute atomic E-state index is 13.2. The third-order valence-corrected chi connectivity index (χ3v) is 2.79. The van der Waals surface area contributed by atoms with Gasteiger partial charge in [-0.25, -0.2) is 4.39 Å². The largest absolute Gasteiger partial charge is 0.385 e. The number of aryl methyl sites for hydroxylation is 1. The van der Waals surface area contributed by atoms with Crippen LogP contribution in [0, 0.1) is 19.7 Å². The van der Waals surface area contributed by atoms with E-state index in [4.69, 9.17) is 0 Å². The van der Waals surface area contributed by atoms with Gasteiger partial charge < -0.3 is 5.32 Å². The van der Waals surface area contributed by atoms with Crippen molar-refractivity contribution in [3.05, 3.63) is 35.3 Å². The average molecular weight is 218 g/mol. The zero-order valence-electron chi connectivity index (χ0n) is 9.76. The molecule has 0 bridgehead atoms. The number of halogens is 1. The Bertz CT molecular complexity index is 535. The van der Waals surface area contributed by atoms with Crippen molar-refractivity contribution in [3.8, 4) is 0 Å². The highest BCUT2D eigenvalue weighted by Crippen LogP contribution is 2.28. The van der Waals surface area contributed by atoms with E-state index in [-0.39, 0.29) is 5.82 Å². The summed E-state index contributed by atoms with van der Waals surface area (Å²) in [6, 6.07) is 4.70. The molecule has 0 aliphatic heterocycles. The summed E-state index contributed by atoms with van der Waals surface area (Å²) in [6.45, 7) is 6.82. The van der Waals surface area contributed by atoms with Crippen molar-refractivity contribution >= 4 is 16.6 Å². The molecular weight excluding hydrogens is 203 g/mol. The molecule has 1 heterocycles. The maximum Gasteiger partial charge on any atom is 0.124 e. The highest BCUT2D eigenvalue weighted by Gasteiger charge is 2.09. The smallest absolute Gasteiger partial charge is 0.124 e. The molecule has 84 valence electrons. The van der Waals surface area contributed by atoms with Crippen LogP contribution >= 0.6 is 0 Å². The van der Waals surface area contributed by atoms with Crippen LogP contribution in [0.3, 0.4) is 0 Å². The van der Waals surface area contributed by atoms with E-state index in [1.807, 2.05) is 20.8 Å². The molecule has 0 aliphatic rings. The van der Waals surface area contributed by atoms with E-state index in [1.165, 1.54) is 12.1 Å². The molecule has 0 unspecified atom stereocenters. The summed E-state index contributed by atoms with van der Waals surface area (Å²) in [5, 5.41) is 4.13. The van der Waals surface area contributed by atoms with Crippen LogP contribution < -0.4 is 5.32 Å². The van der Waals surface area contributed by atoms with Crippen LogP contribution in [0.2, 0.25) is 0 Å². The van der Waals surface area contributed by atoms with E-state index in [9.17, 15) is 4.39 Å². The second kappa shape index (κ2) is 4.08. The van der Waals surface area contributed by atoms with Gasteiger partial charge in [0.25, 0.3) is 0 Å². The Morgan fingerprint density at radius 1 is 1.31 bits per heavy atom. The van der Waals surface area contributed by atoms with Crippen LogP contribution in [-0.4, -0.2) is 11.5 Å². The summed E-state index contributed by atoms with van der Waals surface area (Å²) in [5.41, 5.74) is 3.89. The van der Waals surface area contributed by atoms with Gasteiger partial charge in [-0.05, 0) is 44.5 Å². The van der Waals surface area contributed by atoms with E-state index < -0.39 is 0 Å². The molecule has 0 aliphatic carbocycles. The lowest BCUT2D eigenvalue weighted by molar-refractivity contribution is 0.629. The van der Waals surface area contributed by atoms with Crippen molar-refractivity contribution in [1.82, 2.24) is 4.98 Å². The molecule has 3 heteroatoms. The number of rotatable bonds is 2. The van der Waals surface area contributed by atoms with Gasteiger partial charge in [-0.2, -0.15) is 0 Å². The molecule has 1 N–H and O–H groups in total. The summed E-state index contributed by atoms with van der Waals surface area (Å²) in [7, 11) is 0. The second-order valence-electron chi connectivity index (χ2n) is 3.89. The molecule has 2 aromatic rings. The number of hydrogen-bond acceptors (Lipinski definition) is 2. The predicted octanol–water partition coefficient (Wildman–Crippen LogP) is 3.42. The summed E-state index contributed by atoms with van der Waals surface area (Å²) < 4.78 is 13.2. The normalized spacial score (nSPS) is 10.8. The van der Waals surface area contributed by atoms with E-state index in [1.54, 1.807) is 6.07 Å². The Kier molecular flexibility index (Phi) is 2.77. The molecule has 0 saturated carbocycles. The van der Waals surface area contributed by atoms with Crippen LogP contribution in [0.1, 0.15) is 18.2 Å². The Labute approximate surface area is 94.5 Å². The van der Waals surface area contributed by atoms with Gasteiger partial charge in [-0.1, -0.05) is 0 Å². The molecule has 0 fully saturated rings. The minimum Gasteiger partial charge on any atom is -0.385 e. The minimum absolute atomic E-state index is 0.225. The number of aromatic nitrogens is 1. The number of fused-ring (bicyclic) bond motifs is 1. The highest BCUT2D eigenvalue weighted by molar-refractivity contribution is 5.93. The zero-order valence-corrected chi connectivity index (χ0v) is 9.76. The van der Waals surface area contributed by atoms with Gasteiger partial charge in [0.15, 0.2) is 0 Å². The van der Waals surface area contributed by atoms with E-state index in [2.05, 4.69) is 10.3 Å². The zero-order chi connectivity index (χ0) is 11.7. The fourth-order valence-electron chi connectivity index (χ4n) is 1.86. The van der Waals surface area contributed by atoms with Crippen molar-refractivity contribution < 1.29 is 4.39 Å². The summed E-state index contributed by atoms with van der Waals surface area (Å²) in [5.74, 6) is -0.225. The second-order valence-corrected chi connectivity index (χ2v) is 3.89. The van der Waals surface area contributed by atoms with Crippen LogP contribution in [-0.2, 0) is 0 Å². The first-order chi connectivity index (χ1) is 7.63. The Hall–Kier alpha value is -1.64. The fourth-order valence-corrected chi connectivity index (χ4v) is 1.86. The molecule has 16 heavy (non-hydrogen) atoms. The van der Waals surface area contributed by atoms with E-state index >= 15 is 0 Å². The topological polar surface area (TPSA) is 24.9 Å². The number of nitrogens with one attached hydrogen (secondary N) is 1. The van der Waals surface area contributed by atoms with E-state index in [0.717, 1.165) is 34.4 Å². The fraction of sp³-hybridized carbons (Fsp3) is 0.308. The molecule has 2 nitrogen and oxygen atoms in total. The molecule has 2 rings (SSSR count). The number of pyridine rings is 1. The van der Waals surface area contributed by atoms with Gasteiger partial charge in [0.2, 0.25) is 0 Å². The molecule has 0 saturated heterocycles. The molecule has 0 spiro atoms. The van der Waals surface area contributed by atoms with Crippen molar-refractivity contribution in [2.45, 2.75) is 20.8 Å².